The van der Waals surface area contributed by atoms with Gasteiger partial charge in [-0.25, -0.2) is 0 Å². The largest absolute Gasteiger partial charge is 0.386 e. The van der Waals surface area contributed by atoms with E-state index in [-0.39, 0.29) is 17.1 Å². The van der Waals surface area contributed by atoms with Crippen LogP contribution in [0.3, 0.4) is 0 Å². The van der Waals surface area contributed by atoms with E-state index in [1.165, 1.54) is 0 Å². The highest BCUT2D eigenvalue weighted by atomic mass is 16.5. The van der Waals surface area contributed by atoms with Crippen LogP contribution in [-0.4, -0.2) is 53.2 Å². The van der Waals surface area contributed by atoms with Crippen molar-refractivity contribution in [1.29, 1.82) is 0 Å². The van der Waals surface area contributed by atoms with Gasteiger partial charge in [0.2, 0.25) is 0 Å². The molecule has 130 valence electrons. The van der Waals surface area contributed by atoms with Gasteiger partial charge in [-0.15, -0.1) is 0 Å². The molecule has 0 aromatic carbocycles. The van der Waals surface area contributed by atoms with Crippen molar-refractivity contribution >= 4 is 5.96 Å². The van der Waals surface area contributed by atoms with Crippen molar-refractivity contribution in [1.82, 2.24) is 20.4 Å². The van der Waals surface area contributed by atoms with Crippen LogP contribution < -0.4 is 10.6 Å². The van der Waals surface area contributed by atoms with E-state index in [4.69, 9.17) is 4.74 Å². The number of ether oxygens (including phenoxy) is 1. The lowest BCUT2D eigenvalue weighted by molar-refractivity contribution is -0.176. The zero-order valence-corrected chi connectivity index (χ0v) is 14.9. The summed E-state index contributed by atoms with van der Waals surface area (Å²) >= 11 is 0. The summed E-state index contributed by atoms with van der Waals surface area (Å²) in [6.07, 6.45) is 3.77. The van der Waals surface area contributed by atoms with E-state index < -0.39 is 6.10 Å². The Morgan fingerprint density at radius 1 is 1.57 bits per heavy atom. The van der Waals surface area contributed by atoms with Crippen LogP contribution in [0.25, 0.3) is 0 Å². The second kappa shape index (κ2) is 6.49. The second-order valence-electron chi connectivity index (χ2n) is 6.97. The van der Waals surface area contributed by atoms with Gasteiger partial charge in [-0.3, -0.25) is 9.67 Å². The highest BCUT2D eigenvalue weighted by molar-refractivity contribution is 5.80. The Bertz CT molecular complexity index is 569. The standard InChI is InChI=1S/C16H29N5O2/c1-15(2)13(7-16(15,3)23-6)20-14(17-4)18-9-12(22)11-8-19-21(5)10-11/h8,10,12-13,22H,7,9H2,1-6H3,(H2,17,18,20). The summed E-state index contributed by atoms with van der Waals surface area (Å²) in [6, 6.07) is 0.272. The van der Waals surface area contributed by atoms with Crippen LogP contribution in [0, 0.1) is 5.41 Å². The highest BCUT2D eigenvalue weighted by Crippen LogP contribution is 2.51. The van der Waals surface area contributed by atoms with Gasteiger partial charge in [0.05, 0.1) is 17.9 Å². The molecule has 3 atom stereocenters. The van der Waals surface area contributed by atoms with E-state index in [1.54, 1.807) is 25.0 Å². The Labute approximate surface area is 138 Å². The number of methoxy groups -OCH3 is 1. The van der Waals surface area contributed by atoms with Crippen molar-refractivity contribution in [2.24, 2.45) is 17.5 Å². The lowest BCUT2D eigenvalue weighted by atomic mass is 9.56. The number of hydrogen-bond donors (Lipinski definition) is 3. The average Bonchev–Trinajstić information content (AvgIpc) is 2.96. The molecule has 7 heteroatoms. The molecule has 0 aliphatic heterocycles. The van der Waals surface area contributed by atoms with E-state index in [2.05, 4.69) is 41.5 Å². The molecule has 0 saturated heterocycles. The number of guanidine groups is 1. The van der Waals surface area contributed by atoms with Gasteiger partial charge >= 0.3 is 0 Å². The number of aliphatic hydroxyl groups is 1. The van der Waals surface area contributed by atoms with Crippen molar-refractivity contribution in [3.8, 4) is 0 Å². The molecule has 1 aliphatic rings. The quantitative estimate of drug-likeness (QED) is 0.552. The Kier molecular flexibility index (Phi) is 5.01. The molecule has 3 unspecified atom stereocenters. The van der Waals surface area contributed by atoms with Crippen molar-refractivity contribution in [3.63, 3.8) is 0 Å². The number of aliphatic imine (C=N–C) groups is 1. The Morgan fingerprint density at radius 3 is 2.74 bits per heavy atom. The fourth-order valence-corrected chi connectivity index (χ4v) is 3.01. The highest BCUT2D eigenvalue weighted by Gasteiger charge is 2.58. The lowest BCUT2D eigenvalue weighted by Gasteiger charge is -2.59. The molecule has 1 saturated carbocycles. The third kappa shape index (κ3) is 3.35. The molecule has 1 fully saturated rings. The normalized spacial score (nSPS) is 28.1. The van der Waals surface area contributed by atoms with Gasteiger partial charge in [0.15, 0.2) is 5.96 Å². The van der Waals surface area contributed by atoms with E-state index >= 15 is 0 Å². The predicted molar refractivity (Wildman–Crippen MR) is 90.3 cm³/mol. The summed E-state index contributed by atoms with van der Waals surface area (Å²) in [4.78, 5) is 4.24. The zero-order valence-electron chi connectivity index (χ0n) is 14.9. The van der Waals surface area contributed by atoms with Gasteiger partial charge in [-0.05, 0) is 13.3 Å². The van der Waals surface area contributed by atoms with Crippen LogP contribution in [0.2, 0.25) is 0 Å². The monoisotopic (exact) mass is 323 g/mol. The fourth-order valence-electron chi connectivity index (χ4n) is 3.01. The maximum absolute atomic E-state index is 10.2. The van der Waals surface area contributed by atoms with E-state index in [9.17, 15) is 5.11 Å². The second-order valence-corrected chi connectivity index (χ2v) is 6.97. The van der Waals surface area contributed by atoms with Gasteiger partial charge in [0.1, 0.15) is 0 Å². The van der Waals surface area contributed by atoms with Crippen molar-refractivity contribution in [3.05, 3.63) is 18.0 Å². The Morgan fingerprint density at radius 2 is 2.26 bits per heavy atom. The molecule has 0 bridgehead atoms. The predicted octanol–water partition coefficient (Wildman–Crippen LogP) is 0.822. The maximum Gasteiger partial charge on any atom is 0.191 e. The van der Waals surface area contributed by atoms with Gasteiger partial charge < -0.3 is 20.5 Å². The van der Waals surface area contributed by atoms with Crippen LogP contribution >= 0.6 is 0 Å². The smallest absolute Gasteiger partial charge is 0.191 e. The van der Waals surface area contributed by atoms with Gasteiger partial charge in [-0.1, -0.05) is 13.8 Å². The fraction of sp³-hybridized carbons (Fsp3) is 0.750. The van der Waals surface area contributed by atoms with Crippen molar-refractivity contribution in [2.75, 3.05) is 20.7 Å². The van der Waals surface area contributed by atoms with E-state index in [0.29, 0.717) is 12.5 Å². The molecular formula is C16H29N5O2. The number of hydrogen-bond acceptors (Lipinski definition) is 4. The molecule has 1 aromatic heterocycles. The first-order valence-electron chi connectivity index (χ1n) is 7.92. The Hall–Kier alpha value is -1.60. The molecule has 1 aliphatic carbocycles. The van der Waals surface area contributed by atoms with Crippen LogP contribution in [0.1, 0.15) is 38.9 Å². The van der Waals surface area contributed by atoms with Crippen LogP contribution in [0.5, 0.6) is 0 Å². The number of aromatic nitrogens is 2. The number of aryl methyl sites for hydroxylation is 1. The van der Waals surface area contributed by atoms with E-state index in [0.717, 1.165) is 12.0 Å². The third-order valence-corrected chi connectivity index (χ3v) is 5.39. The van der Waals surface area contributed by atoms with Gasteiger partial charge in [0, 0.05) is 51.0 Å². The summed E-state index contributed by atoms with van der Waals surface area (Å²) in [5.74, 6) is 0.684. The first-order valence-corrected chi connectivity index (χ1v) is 7.92. The van der Waals surface area contributed by atoms with Crippen LogP contribution in [-0.2, 0) is 11.8 Å². The molecular weight excluding hydrogens is 294 g/mol. The molecule has 7 nitrogen and oxygen atoms in total. The minimum atomic E-state index is -0.624. The summed E-state index contributed by atoms with van der Waals surface area (Å²) < 4.78 is 7.32. The molecule has 0 spiro atoms. The first-order chi connectivity index (χ1) is 10.7. The minimum Gasteiger partial charge on any atom is -0.386 e. The minimum absolute atomic E-state index is 0.00133. The number of rotatable bonds is 5. The van der Waals surface area contributed by atoms with E-state index in [1.807, 2.05) is 13.2 Å². The SMILES string of the molecule is CN=C(NCC(O)c1cnn(C)c1)NC1CC(C)(OC)C1(C)C. The average molecular weight is 323 g/mol. The topological polar surface area (TPSA) is 83.7 Å². The van der Waals surface area contributed by atoms with Crippen molar-refractivity contribution < 1.29 is 9.84 Å². The summed E-state index contributed by atoms with van der Waals surface area (Å²) in [6.45, 7) is 6.89. The molecule has 23 heavy (non-hydrogen) atoms. The summed E-state index contributed by atoms with van der Waals surface area (Å²) in [5.41, 5.74) is 0.659. The number of nitrogens with one attached hydrogen (secondary N) is 2. The number of nitrogens with zero attached hydrogens (tertiary/aromatic N) is 3. The van der Waals surface area contributed by atoms with Gasteiger partial charge in [0.25, 0.3) is 0 Å². The van der Waals surface area contributed by atoms with Crippen LogP contribution in [0.4, 0.5) is 0 Å². The molecule has 2 rings (SSSR count). The van der Waals surface area contributed by atoms with Crippen LogP contribution in [0.15, 0.2) is 17.4 Å². The molecule has 1 aromatic rings. The summed E-state index contributed by atoms with van der Waals surface area (Å²) in [7, 11) is 5.32. The Balaban J connectivity index is 1.88. The maximum atomic E-state index is 10.2. The first kappa shape index (κ1) is 17.7. The molecule has 0 amide bonds. The number of aliphatic hydroxyl groups excluding tert-OH is 1. The molecule has 3 N–H and O–H groups in total. The molecule has 0 radical (unpaired) electrons. The van der Waals surface area contributed by atoms with Crippen molar-refractivity contribution in [2.45, 2.75) is 44.9 Å². The van der Waals surface area contributed by atoms with Gasteiger partial charge in [-0.2, -0.15) is 5.10 Å². The lowest BCUT2D eigenvalue weighted by Crippen LogP contribution is -2.69. The molecule has 1 heterocycles. The summed E-state index contributed by atoms with van der Waals surface area (Å²) in [5, 5.41) is 20.9. The third-order valence-electron chi connectivity index (χ3n) is 5.39. The zero-order chi connectivity index (χ0) is 17.3.